The summed E-state index contributed by atoms with van der Waals surface area (Å²) in [7, 11) is 0. The van der Waals surface area contributed by atoms with Gasteiger partial charge in [-0.05, 0) is 20.3 Å². The van der Waals surface area contributed by atoms with Crippen molar-refractivity contribution in [2.75, 3.05) is 13.2 Å². The summed E-state index contributed by atoms with van der Waals surface area (Å²) in [6, 6.07) is 0. The van der Waals surface area contributed by atoms with E-state index in [1.54, 1.807) is 0 Å². The van der Waals surface area contributed by atoms with Crippen LogP contribution in [0.25, 0.3) is 0 Å². The highest BCUT2D eigenvalue weighted by molar-refractivity contribution is 9.09. The molecule has 1 saturated carbocycles. The van der Waals surface area contributed by atoms with Crippen LogP contribution >= 0.6 is 15.9 Å². The van der Waals surface area contributed by atoms with Gasteiger partial charge in [-0.25, -0.2) is 0 Å². The lowest BCUT2D eigenvalue weighted by molar-refractivity contribution is -0.115. The SMILES string of the molecule is CCOC1CC(Br)C1OCC. The fourth-order valence-corrected chi connectivity index (χ4v) is 2.17. The van der Waals surface area contributed by atoms with Crippen molar-refractivity contribution >= 4 is 15.9 Å². The molecule has 0 aromatic heterocycles. The maximum absolute atomic E-state index is 5.48. The van der Waals surface area contributed by atoms with Crippen LogP contribution in [0.2, 0.25) is 0 Å². The van der Waals surface area contributed by atoms with Gasteiger partial charge in [0.15, 0.2) is 0 Å². The lowest BCUT2D eigenvalue weighted by atomic mass is 9.91. The number of ether oxygens (including phenoxy) is 2. The van der Waals surface area contributed by atoms with Crippen LogP contribution in [0.15, 0.2) is 0 Å². The Hall–Kier alpha value is 0.400. The number of hydrogen-bond donors (Lipinski definition) is 0. The maximum atomic E-state index is 5.48. The van der Waals surface area contributed by atoms with E-state index in [2.05, 4.69) is 15.9 Å². The van der Waals surface area contributed by atoms with E-state index in [1.165, 1.54) is 0 Å². The van der Waals surface area contributed by atoms with E-state index in [0.717, 1.165) is 19.6 Å². The second kappa shape index (κ2) is 4.43. The van der Waals surface area contributed by atoms with Gasteiger partial charge in [-0.1, -0.05) is 15.9 Å². The average Bonchev–Trinajstić information content (AvgIpc) is 2.00. The molecule has 0 spiro atoms. The Morgan fingerprint density at radius 2 is 1.91 bits per heavy atom. The van der Waals surface area contributed by atoms with E-state index in [1.807, 2.05) is 13.8 Å². The summed E-state index contributed by atoms with van der Waals surface area (Å²) in [5, 5.41) is 0. The predicted molar refractivity (Wildman–Crippen MR) is 48.2 cm³/mol. The largest absolute Gasteiger partial charge is 0.376 e. The smallest absolute Gasteiger partial charge is 0.0962 e. The summed E-state index contributed by atoms with van der Waals surface area (Å²) in [6.45, 7) is 5.59. The second-order valence-corrected chi connectivity index (χ2v) is 3.84. The van der Waals surface area contributed by atoms with Gasteiger partial charge in [0.25, 0.3) is 0 Å². The van der Waals surface area contributed by atoms with Crippen molar-refractivity contribution in [2.24, 2.45) is 0 Å². The van der Waals surface area contributed by atoms with Crippen molar-refractivity contribution in [1.29, 1.82) is 0 Å². The molecular weight excluding hydrogens is 208 g/mol. The summed E-state index contributed by atoms with van der Waals surface area (Å²) in [5.74, 6) is 0. The monoisotopic (exact) mass is 222 g/mol. The zero-order valence-electron chi connectivity index (χ0n) is 7.05. The molecule has 3 heteroatoms. The van der Waals surface area contributed by atoms with E-state index < -0.39 is 0 Å². The van der Waals surface area contributed by atoms with Crippen LogP contribution in [0.4, 0.5) is 0 Å². The van der Waals surface area contributed by atoms with Crippen LogP contribution in [0.5, 0.6) is 0 Å². The summed E-state index contributed by atoms with van der Waals surface area (Å²) < 4.78 is 10.9. The Bertz CT molecular complexity index is 117. The van der Waals surface area contributed by atoms with Crippen LogP contribution in [-0.4, -0.2) is 30.2 Å². The van der Waals surface area contributed by atoms with E-state index >= 15 is 0 Å². The first kappa shape index (κ1) is 9.49. The quantitative estimate of drug-likeness (QED) is 0.678. The van der Waals surface area contributed by atoms with Crippen LogP contribution in [0.1, 0.15) is 20.3 Å². The van der Waals surface area contributed by atoms with Crippen molar-refractivity contribution < 1.29 is 9.47 Å². The molecule has 2 nitrogen and oxygen atoms in total. The molecule has 0 radical (unpaired) electrons. The van der Waals surface area contributed by atoms with E-state index in [-0.39, 0.29) is 6.10 Å². The van der Waals surface area contributed by atoms with Gasteiger partial charge >= 0.3 is 0 Å². The third kappa shape index (κ3) is 2.17. The Morgan fingerprint density at radius 1 is 1.27 bits per heavy atom. The van der Waals surface area contributed by atoms with Gasteiger partial charge in [0.2, 0.25) is 0 Å². The number of hydrogen-bond acceptors (Lipinski definition) is 2. The molecule has 1 aliphatic rings. The number of halogens is 1. The normalized spacial score (nSPS) is 36.8. The Kier molecular flexibility index (Phi) is 3.82. The molecule has 0 aromatic carbocycles. The van der Waals surface area contributed by atoms with Gasteiger partial charge < -0.3 is 9.47 Å². The van der Waals surface area contributed by atoms with Crippen molar-refractivity contribution in [3.05, 3.63) is 0 Å². The average molecular weight is 223 g/mol. The predicted octanol–water partition coefficient (Wildman–Crippen LogP) is 1.96. The van der Waals surface area contributed by atoms with Crippen LogP contribution in [0.3, 0.4) is 0 Å². The van der Waals surface area contributed by atoms with Gasteiger partial charge in [-0.15, -0.1) is 0 Å². The molecule has 0 N–H and O–H groups in total. The molecule has 66 valence electrons. The van der Waals surface area contributed by atoms with E-state index in [0.29, 0.717) is 10.9 Å². The highest BCUT2D eigenvalue weighted by Gasteiger charge is 2.40. The highest BCUT2D eigenvalue weighted by Crippen LogP contribution is 2.32. The minimum Gasteiger partial charge on any atom is -0.376 e. The standard InChI is InChI=1S/C8H15BrO2/c1-3-10-7-5-6(9)8(7)11-4-2/h6-8H,3-5H2,1-2H3. The number of alkyl halides is 1. The topological polar surface area (TPSA) is 18.5 Å². The molecule has 0 heterocycles. The molecule has 1 rings (SSSR count). The third-order valence-electron chi connectivity index (χ3n) is 1.92. The van der Waals surface area contributed by atoms with Crippen molar-refractivity contribution in [3.63, 3.8) is 0 Å². The molecule has 0 aliphatic heterocycles. The van der Waals surface area contributed by atoms with Gasteiger partial charge in [-0.2, -0.15) is 0 Å². The van der Waals surface area contributed by atoms with Crippen molar-refractivity contribution in [2.45, 2.75) is 37.3 Å². The fraction of sp³-hybridized carbons (Fsp3) is 1.00. The lowest BCUT2D eigenvalue weighted by Gasteiger charge is -2.40. The minimum atomic E-state index is 0.278. The summed E-state index contributed by atoms with van der Waals surface area (Å²) in [6.07, 6.45) is 1.68. The molecule has 0 saturated heterocycles. The van der Waals surface area contributed by atoms with Gasteiger partial charge in [-0.3, -0.25) is 0 Å². The molecule has 0 amide bonds. The Morgan fingerprint density at radius 3 is 2.36 bits per heavy atom. The van der Waals surface area contributed by atoms with Crippen LogP contribution in [-0.2, 0) is 9.47 Å². The number of rotatable bonds is 4. The zero-order valence-corrected chi connectivity index (χ0v) is 8.63. The summed E-state index contributed by atoms with van der Waals surface area (Å²) >= 11 is 3.53. The second-order valence-electron chi connectivity index (χ2n) is 2.67. The van der Waals surface area contributed by atoms with Crippen LogP contribution in [0, 0.1) is 0 Å². The van der Waals surface area contributed by atoms with Gasteiger partial charge in [0.05, 0.1) is 12.2 Å². The first-order valence-electron chi connectivity index (χ1n) is 4.16. The molecule has 3 unspecified atom stereocenters. The molecule has 1 fully saturated rings. The fourth-order valence-electron chi connectivity index (χ4n) is 1.31. The third-order valence-corrected chi connectivity index (χ3v) is 2.82. The van der Waals surface area contributed by atoms with Crippen molar-refractivity contribution in [1.82, 2.24) is 0 Å². The minimum absolute atomic E-state index is 0.278. The first-order chi connectivity index (χ1) is 5.29. The van der Waals surface area contributed by atoms with Crippen molar-refractivity contribution in [3.8, 4) is 0 Å². The zero-order chi connectivity index (χ0) is 8.27. The van der Waals surface area contributed by atoms with E-state index in [9.17, 15) is 0 Å². The molecule has 3 atom stereocenters. The van der Waals surface area contributed by atoms with Crippen LogP contribution < -0.4 is 0 Å². The lowest BCUT2D eigenvalue weighted by Crippen LogP contribution is -2.50. The summed E-state index contributed by atoms with van der Waals surface area (Å²) in [4.78, 5) is 0.499. The Labute approximate surface area is 76.4 Å². The molecule has 1 aliphatic carbocycles. The van der Waals surface area contributed by atoms with Gasteiger partial charge in [0.1, 0.15) is 0 Å². The maximum Gasteiger partial charge on any atom is 0.0962 e. The highest BCUT2D eigenvalue weighted by atomic mass is 79.9. The van der Waals surface area contributed by atoms with E-state index in [4.69, 9.17) is 9.47 Å². The molecule has 0 aromatic rings. The Balaban J connectivity index is 2.23. The molecule has 11 heavy (non-hydrogen) atoms. The van der Waals surface area contributed by atoms with Gasteiger partial charge in [0, 0.05) is 18.0 Å². The summed E-state index contributed by atoms with van der Waals surface area (Å²) in [5.41, 5.74) is 0. The first-order valence-corrected chi connectivity index (χ1v) is 5.08. The molecular formula is C8H15BrO2. The molecule has 0 bridgehead atoms.